The highest BCUT2D eigenvalue weighted by molar-refractivity contribution is 5.82. The summed E-state index contributed by atoms with van der Waals surface area (Å²) >= 11 is 0. The second kappa shape index (κ2) is 7.30. The molecule has 1 saturated heterocycles. The number of rotatable bonds is 5. The number of aromatic nitrogens is 2. The Bertz CT molecular complexity index is 938. The van der Waals surface area contributed by atoms with Crippen molar-refractivity contribution in [3.63, 3.8) is 0 Å². The molecule has 1 aromatic carbocycles. The highest BCUT2D eigenvalue weighted by Crippen LogP contribution is 2.26. The first-order chi connectivity index (χ1) is 13.1. The van der Waals surface area contributed by atoms with E-state index in [9.17, 15) is 9.18 Å². The van der Waals surface area contributed by atoms with E-state index < -0.39 is 5.82 Å². The van der Waals surface area contributed by atoms with Crippen LogP contribution in [0.1, 0.15) is 31.2 Å². The van der Waals surface area contributed by atoms with Gasteiger partial charge in [-0.15, -0.1) is 0 Å². The molecule has 0 radical (unpaired) electrons. The molecule has 3 aromatic rings. The van der Waals surface area contributed by atoms with E-state index in [0.29, 0.717) is 12.2 Å². The summed E-state index contributed by atoms with van der Waals surface area (Å²) < 4.78 is 24.5. The van der Waals surface area contributed by atoms with Crippen molar-refractivity contribution >= 4 is 16.9 Å². The molecule has 0 saturated carbocycles. The summed E-state index contributed by atoms with van der Waals surface area (Å²) in [6.45, 7) is 3.32. The molecule has 3 heterocycles. The lowest BCUT2D eigenvalue weighted by Gasteiger charge is -2.21. The van der Waals surface area contributed by atoms with Gasteiger partial charge in [0, 0.05) is 41.3 Å². The number of carbonyl (C=O) groups is 1. The molecule has 8 heteroatoms. The van der Waals surface area contributed by atoms with Gasteiger partial charge in [-0.25, -0.2) is 9.18 Å². The fourth-order valence-corrected chi connectivity index (χ4v) is 3.37. The van der Waals surface area contributed by atoms with Gasteiger partial charge in [0.1, 0.15) is 18.6 Å². The first-order valence-electron chi connectivity index (χ1n) is 8.98. The minimum absolute atomic E-state index is 0.0681. The minimum Gasteiger partial charge on any atom is -0.484 e. The van der Waals surface area contributed by atoms with Crippen molar-refractivity contribution in [2.75, 3.05) is 6.54 Å². The highest BCUT2D eigenvalue weighted by Gasteiger charge is 2.24. The van der Waals surface area contributed by atoms with E-state index in [0.717, 1.165) is 36.0 Å². The Kier molecular flexibility index (Phi) is 4.70. The standard InChI is InChI=1S/C19H21FN4O3/c1-12-3-2-5-24(12)19(25)21-10-15-7-13-8-16(20)18(9-17(13)22-15)26-11-14-4-6-27-23-14/h4,6-9,12,22H,2-3,5,10-11H2,1H3,(H,21,25). The first kappa shape index (κ1) is 17.4. The molecule has 142 valence electrons. The van der Waals surface area contributed by atoms with Crippen LogP contribution in [0.4, 0.5) is 9.18 Å². The maximum atomic E-state index is 14.3. The Labute approximate surface area is 155 Å². The van der Waals surface area contributed by atoms with Crippen molar-refractivity contribution in [3.05, 3.63) is 47.7 Å². The van der Waals surface area contributed by atoms with Crippen LogP contribution in [0.5, 0.6) is 5.75 Å². The summed E-state index contributed by atoms with van der Waals surface area (Å²) in [4.78, 5) is 17.3. The van der Waals surface area contributed by atoms with Crippen LogP contribution in [0.2, 0.25) is 0 Å². The van der Waals surface area contributed by atoms with Gasteiger partial charge in [-0.2, -0.15) is 0 Å². The molecule has 2 amide bonds. The maximum absolute atomic E-state index is 14.3. The second-order valence-corrected chi connectivity index (χ2v) is 6.79. The summed E-state index contributed by atoms with van der Waals surface area (Å²) in [7, 11) is 0. The van der Waals surface area contributed by atoms with Gasteiger partial charge in [-0.05, 0) is 31.9 Å². The number of carbonyl (C=O) groups excluding carboxylic acids is 1. The average molecular weight is 372 g/mol. The molecule has 1 aliphatic rings. The van der Waals surface area contributed by atoms with Crippen molar-refractivity contribution in [2.24, 2.45) is 0 Å². The third kappa shape index (κ3) is 3.74. The summed E-state index contributed by atoms with van der Waals surface area (Å²) in [6, 6.07) is 6.71. The van der Waals surface area contributed by atoms with Crippen LogP contribution in [-0.2, 0) is 13.2 Å². The number of nitrogens with zero attached hydrogens (tertiary/aromatic N) is 2. The first-order valence-corrected chi connectivity index (χ1v) is 8.98. The zero-order valence-corrected chi connectivity index (χ0v) is 15.0. The van der Waals surface area contributed by atoms with Gasteiger partial charge < -0.3 is 24.5 Å². The average Bonchev–Trinajstić information content (AvgIpc) is 3.38. The van der Waals surface area contributed by atoms with Gasteiger partial charge in [0.15, 0.2) is 11.6 Å². The van der Waals surface area contributed by atoms with Crippen molar-refractivity contribution in [2.45, 2.75) is 39.0 Å². The van der Waals surface area contributed by atoms with Crippen LogP contribution in [0.25, 0.3) is 10.9 Å². The molecular weight excluding hydrogens is 351 g/mol. The molecule has 1 unspecified atom stereocenters. The lowest BCUT2D eigenvalue weighted by atomic mass is 10.2. The van der Waals surface area contributed by atoms with E-state index in [1.165, 1.54) is 12.3 Å². The number of fused-ring (bicyclic) bond motifs is 1. The monoisotopic (exact) mass is 372 g/mol. The molecule has 1 fully saturated rings. The number of ether oxygens (including phenoxy) is 1. The van der Waals surface area contributed by atoms with Crippen molar-refractivity contribution in [1.29, 1.82) is 0 Å². The molecule has 27 heavy (non-hydrogen) atoms. The van der Waals surface area contributed by atoms with E-state index in [2.05, 4.69) is 22.4 Å². The summed E-state index contributed by atoms with van der Waals surface area (Å²) in [5.41, 5.74) is 2.13. The summed E-state index contributed by atoms with van der Waals surface area (Å²) in [6.07, 6.45) is 3.51. The highest BCUT2D eigenvalue weighted by atomic mass is 19.1. The fourth-order valence-electron chi connectivity index (χ4n) is 3.37. The molecule has 1 atom stereocenters. The molecule has 0 bridgehead atoms. The largest absolute Gasteiger partial charge is 0.484 e. The zero-order chi connectivity index (χ0) is 18.8. The number of urea groups is 1. The van der Waals surface area contributed by atoms with Crippen molar-refractivity contribution < 1.29 is 18.4 Å². The smallest absolute Gasteiger partial charge is 0.317 e. The van der Waals surface area contributed by atoms with Gasteiger partial charge in [-0.3, -0.25) is 0 Å². The number of likely N-dealkylation sites (tertiary alicyclic amines) is 1. The summed E-state index contributed by atoms with van der Waals surface area (Å²) in [5, 5.41) is 7.37. The predicted molar refractivity (Wildman–Crippen MR) is 96.7 cm³/mol. The van der Waals surface area contributed by atoms with Gasteiger partial charge in [0.2, 0.25) is 0 Å². The van der Waals surface area contributed by atoms with E-state index >= 15 is 0 Å². The molecule has 2 aromatic heterocycles. The van der Waals surface area contributed by atoms with Crippen LogP contribution in [0.15, 0.2) is 35.1 Å². The number of hydrogen-bond donors (Lipinski definition) is 2. The van der Waals surface area contributed by atoms with Crippen molar-refractivity contribution in [1.82, 2.24) is 20.4 Å². The van der Waals surface area contributed by atoms with Gasteiger partial charge in [0.25, 0.3) is 0 Å². The molecule has 0 spiro atoms. The van der Waals surface area contributed by atoms with Crippen LogP contribution >= 0.6 is 0 Å². The third-order valence-corrected chi connectivity index (χ3v) is 4.84. The molecule has 0 aliphatic carbocycles. The number of halogens is 1. The van der Waals surface area contributed by atoms with Crippen LogP contribution < -0.4 is 10.1 Å². The maximum Gasteiger partial charge on any atom is 0.317 e. The number of amides is 2. The Morgan fingerprint density at radius 1 is 1.48 bits per heavy atom. The van der Waals surface area contributed by atoms with Gasteiger partial charge in [-0.1, -0.05) is 5.16 Å². The fraction of sp³-hybridized carbons (Fsp3) is 0.368. The van der Waals surface area contributed by atoms with Crippen LogP contribution in [0.3, 0.4) is 0 Å². The van der Waals surface area contributed by atoms with Crippen LogP contribution in [0, 0.1) is 5.82 Å². The van der Waals surface area contributed by atoms with E-state index in [1.807, 2.05) is 11.0 Å². The third-order valence-electron chi connectivity index (χ3n) is 4.84. The number of H-pyrrole nitrogens is 1. The van der Waals surface area contributed by atoms with Gasteiger partial charge in [0.05, 0.1) is 6.54 Å². The molecule has 4 rings (SSSR count). The number of hydrogen-bond acceptors (Lipinski definition) is 4. The molecule has 1 aliphatic heterocycles. The van der Waals surface area contributed by atoms with Gasteiger partial charge >= 0.3 is 6.03 Å². The number of aromatic amines is 1. The van der Waals surface area contributed by atoms with E-state index in [-0.39, 0.29) is 24.4 Å². The van der Waals surface area contributed by atoms with Crippen molar-refractivity contribution in [3.8, 4) is 5.75 Å². The zero-order valence-electron chi connectivity index (χ0n) is 15.0. The molecule has 2 N–H and O–H groups in total. The predicted octanol–water partition coefficient (Wildman–Crippen LogP) is 3.57. The topological polar surface area (TPSA) is 83.4 Å². The van der Waals surface area contributed by atoms with E-state index in [1.54, 1.807) is 12.1 Å². The Morgan fingerprint density at radius 2 is 2.37 bits per heavy atom. The number of benzene rings is 1. The lowest BCUT2D eigenvalue weighted by Crippen LogP contribution is -2.41. The molecular formula is C19H21FN4O3. The van der Waals surface area contributed by atoms with Crippen LogP contribution in [-0.4, -0.2) is 33.7 Å². The SMILES string of the molecule is CC1CCCN1C(=O)NCc1cc2cc(F)c(OCc3ccon3)cc2[nH]1. The number of nitrogens with one attached hydrogen (secondary N) is 2. The summed E-state index contributed by atoms with van der Waals surface area (Å²) in [5.74, 6) is -0.319. The minimum atomic E-state index is -0.452. The Balaban J connectivity index is 1.43. The Morgan fingerprint density at radius 3 is 3.11 bits per heavy atom. The lowest BCUT2D eigenvalue weighted by molar-refractivity contribution is 0.195. The van der Waals surface area contributed by atoms with E-state index in [4.69, 9.17) is 9.26 Å². The molecule has 7 nitrogen and oxygen atoms in total. The Hall–Kier alpha value is -3.03. The quantitative estimate of drug-likeness (QED) is 0.717. The normalized spacial score (nSPS) is 16.8. The second-order valence-electron chi connectivity index (χ2n) is 6.79.